The molecule has 3 fully saturated rings. The molecular formula is C23H32O6. The highest BCUT2D eigenvalue weighted by molar-refractivity contribution is 5.91. The second-order valence-corrected chi connectivity index (χ2v) is 10.2. The maximum absolute atomic E-state index is 12.9. The van der Waals surface area contributed by atoms with Crippen molar-refractivity contribution in [2.75, 3.05) is 6.61 Å². The molecule has 0 radical (unpaired) electrons. The van der Waals surface area contributed by atoms with Gasteiger partial charge in [-0.05, 0) is 55.3 Å². The van der Waals surface area contributed by atoms with Gasteiger partial charge in [-0.2, -0.15) is 0 Å². The van der Waals surface area contributed by atoms with Gasteiger partial charge in [-0.3, -0.25) is 14.4 Å². The van der Waals surface area contributed by atoms with Gasteiger partial charge in [0, 0.05) is 25.2 Å². The van der Waals surface area contributed by atoms with Crippen LogP contribution in [0.5, 0.6) is 0 Å². The molecule has 7 atom stereocenters. The van der Waals surface area contributed by atoms with Crippen molar-refractivity contribution in [3.05, 3.63) is 11.6 Å². The van der Waals surface area contributed by atoms with E-state index in [-0.39, 0.29) is 29.0 Å². The van der Waals surface area contributed by atoms with Gasteiger partial charge in [0.05, 0.1) is 6.10 Å². The van der Waals surface area contributed by atoms with Crippen LogP contribution in [-0.2, 0) is 19.1 Å². The zero-order chi connectivity index (χ0) is 21.2. The lowest BCUT2D eigenvalue weighted by Gasteiger charge is -2.59. The number of esters is 1. The maximum atomic E-state index is 12.9. The highest BCUT2D eigenvalue weighted by Crippen LogP contribution is 2.67. The highest BCUT2D eigenvalue weighted by Gasteiger charge is 2.68. The standard InChI is InChI=1S/C23H32O6/c1-13(24)29-12-19(27)23(28)9-7-17-16-5-4-14-10-15(25)6-8-21(14,2)20(16)18(26)11-22(17,23)3/h4,16-18,20,26,28H,5-12H2,1-3H3. The average Bonchev–Trinajstić information content (AvgIpc) is 2.91. The van der Waals surface area contributed by atoms with E-state index in [1.165, 1.54) is 6.92 Å². The van der Waals surface area contributed by atoms with Crippen LogP contribution in [0.1, 0.15) is 65.7 Å². The third kappa shape index (κ3) is 2.86. The molecule has 0 aromatic heterocycles. The number of hydrogen-bond acceptors (Lipinski definition) is 6. The Morgan fingerprint density at radius 3 is 2.69 bits per heavy atom. The molecule has 0 heterocycles. The molecule has 0 bridgehead atoms. The fourth-order valence-electron chi connectivity index (χ4n) is 7.36. The van der Waals surface area contributed by atoms with Crippen molar-refractivity contribution >= 4 is 17.5 Å². The van der Waals surface area contributed by atoms with Crippen LogP contribution in [-0.4, -0.2) is 46.1 Å². The Kier molecular flexibility index (Phi) is 4.82. The lowest BCUT2D eigenvalue weighted by molar-refractivity contribution is -0.182. The number of hydrogen-bond donors (Lipinski definition) is 2. The smallest absolute Gasteiger partial charge is 0.303 e. The molecule has 7 unspecified atom stereocenters. The second-order valence-electron chi connectivity index (χ2n) is 10.2. The first-order valence-electron chi connectivity index (χ1n) is 10.8. The Morgan fingerprint density at radius 1 is 1.28 bits per heavy atom. The van der Waals surface area contributed by atoms with Crippen LogP contribution in [0.3, 0.4) is 0 Å². The number of fused-ring (bicyclic) bond motifs is 5. The number of aliphatic hydroxyl groups excluding tert-OH is 1. The molecule has 6 nitrogen and oxygen atoms in total. The number of ketones is 2. The predicted molar refractivity (Wildman–Crippen MR) is 105 cm³/mol. The number of carbonyl (C=O) groups excluding carboxylic acids is 3. The van der Waals surface area contributed by atoms with E-state index < -0.39 is 35.5 Å². The Morgan fingerprint density at radius 2 is 2.00 bits per heavy atom. The summed E-state index contributed by atoms with van der Waals surface area (Å²) in [5, 5.41) is 22.8. The number of allylic oxidation sites excluding steroid dienone is 2. The molecule has 160 valence electrons. The van der Waals surface area contributed by atoms with Crippen LogP contribution in [0.15, 0.2) is 11.6 Å². The molecule has 3 saturated carbocycles. The minimum atomic E-state index is -1.59. The lowest BCUT2D eigenvalue weighted by Crippen LogP contribution is -2.61. The van der Waals surface area contributed by atoms with Gasteiger partial charge in [-0.15, -0.1) is 0 Å². The summed E-state index contributed by atoms with van der Waals surface area (Å²) in [6.07, 6.45) is 5.50. The predicted octanol–water partition coefficient (Wildman–Crippen LogP) is 2.35. The highest BCUT2D eigenvalue weighted by atomic mass is 16.5. The topological polar surface area (TPSA) is 101 Å². The van der Waals surface area contributed by atoms with Gasteiger partial charge in [-0.1, -0.05) is 25.5 Å². The summed E-state index contributed by atoms with van der Waals surface area (Å²) in [5.74, 6) is -0.427. The van der Waals surface area contributed by atoms with Crippen molar-refractivity contribution in [1.29, 1.82) is 0 Å². The monoisotopic (exact) mass is 404 g/mol. The van der Waals surface area contributed by atoms with Crippen molar-refractivity contribution in [2.24, 2.45) is 28.6 Å². The van der Waals surface area contributed by atoms with E-state index in [1.54, 1.807) is 0 Å². The van der Waals surface area contributed by atoms with Crippen LogP contribution in [0, 0.1) is 28.6 Å². The van der Waals surface area contributed by atoms with Gasteiger partial charge in [0.25, 0.3) is 0 Å². The maximum Gasteiger partial charge on any atom is 0.303 e. The minimum absolute atomic E-state index is 0.0413. The van der Waals surface area contributed by atoms with Gasteiger partial charge in [0.1, 0.15) is 11.4 Å². The average molecular weight is 405 g/mol. The van der Waals surface area contributed by atoms with Crippen LogP contribution >= 0.6 is 0 Å². The summed E-state index contributed by atoms with van der Waals surface area (Å²) < 4.78 is 4.88. The summed E-state index contributed by atoms with van der Waals surface area (Å²) in [6.45, 7) is 4.91. The molecule has 0 aliphatic heterocycles. The van der Waals surface area contributed by atoms with E-state index in [9.17, 15) is 24.6 Å². The lowest BCUT2D eigenvalue weighted by atomic mass is 9.46. The fourth-order valence-corrected chi connectivity index (χ4v) is 7.36. The zero-order valence-corrected chi connectivity index (χ0v) is 17.6. The van der Waals surface area contributed by atoms with Crippen molar-refractivity contribution < 1.29 is 29.3 Å². The van der Waals surface area contributed by atoms with E-state index in [2.05, 4.69) is 13.0 Å². The first kappa shape index (κ1) is 20.7. The van der Waals surface area contributed by atoms with Crippen molar-refractivity contribution in [2.45, 2.75) is 77.4 Å². The molecule has 4 aliphatic carbocycles. The first-order valence-corrected chi connectivity index (χ1v) is 10.8. The van der Waals surface area contributed by atoms with Crippen LogP contribution < -0.4 is 0 Å². The summed E-state index contributed by atoms with van der Waals surface area (Å²) in [7, 11) is 0. The van der Waals surface area contributed by atoms with Gasteiger partial charge in [0.15, 0.2) is 6.61 Å². The van der Waals surface area contributed by atoms with E-state index in [4.69, 9.17) is 4.74 Å². The Hall–Kier alpha value is -1.53. The number of Topliss-reactive ketones (excluding diaryl/α,β-unsaturated/α-hetero) is 2. The van der Waals surface area contributed by atoms with Gasteiger partial charge in [0.2, 0.25) is 5.78 Å². The quantitative estimate of drug-likeness (QED) is 0.553. The molecule has 2 N–H and O–H groups in total. The summed E-state index contributed by atoms with van der Waals surface area (Å²) in [4.78, 5) is 36.0. The molecule has 4 aliphatic rings. The second kappa shape index (κ2) is 6.74. The SMILES string of the molecule is CC(=O)OCC(=O)C1(O)CCC2C3CC=C4CC(=O)CCC4(C)C3C(O)CC21C. The molecule has 0 spiro atoms. The third-order valence-corrected chi connectivity index (χ3v) is 8.89. The Bertz CT molecular complexity index is 786. The molecule has 29 heavy (non-hydrogen) atoms. The van der Waals surface area contributed by atoms with E-state index in [0.29, 0.717) is 32.1 Å². The minimum Gasteiger partial charge on any atom is -0.458 e. The number of rotatable bonds is 3. The molecule has 6 heteroatoms. The van der Waals surface area contributed by atoms with Gasteiger partial charge < -0.3 is 14.9 Å². The zero-order valence-electron chi connectivity index (χ0n) is 17.6. The van der Waals surface area contributed by atoms with Crippen LogP contribution in [0.25, 0.3) is 0 Å². The van der Waals surface area contributed by atoms with Crippen LogP contribution in [0.2, 0.25) is 0 Å². The van der Waals surface area contributed by atoms with Crippen molar-refractivity contribution in [3.8, 4) is 0 Å². The van der Waals surface area contributed by atoms with E-state index >= 15 is 0 Å². The number of carbonyl (C=O) groups is 3. The number of aliphatic hydroxyl groups is 2. The number of ether oxygens (including phenoxy) is 1. The molecule has 0 saturated heterocycles. The van der Waals surface area contributed by atoms with Crippen molar-refractivity contribution in [3.63, 3.8) is 0 Å². The summed E-state index contributed by atoms with van der Waals surface area (Å²) in [5.41, 5.74) is -1.37. The van der Waals surface area contributed by atoms with Gasteiger partial charge in [-0.25, -0.2) is 0 Å². The van der Waals surface area contributed by atoms with Gasteiger partial charge >= 0.3 is 5.97 Å². The molecular weight excluding hydrogens is 372 g/mol. The molecule has 4 rings (SSSR count). The van der Waals surface area contributed by atoms with Crippen molar-refractivity contribution in [1.82, 2.24) is 0 Å². The van der Waals surface area contributed by atoms with Crippen LogP contribution in [0.4, 0.5) is 0 Å². The largest absolute Gasteiger partial charge is 0.458 e. The summed E-state index contributed by atoms with van der Waals surface area (Å²) in [6, 6.07) is 0. The molecule has 0 aromatic carbocycles. The Balaban J connectivity index is 1.66. The summed E-state index contributed by atoms with van der Waals surface area (Å²) >= 11 is 0. The normalized spacial score (nSPS) is 46.2. The first-order chi connectivity index (χ1) is 13.5. The fraction of sp³-hybridized carbons (Fsp3) is 0.783. The third-order valence-electron chi connectivity index (χ3n) is 8.89. The molecule has 0 amide bonds. The van der Waals surface area contributed by atoms with E-state index in [0.717, 1.165) is 18.4 Å². The van der Waals surface area contributed by atoms with E-state index in [1.807, 2.05) is 6.92 Å². The Labute approximate surface area is 171 Å². The molecule has 0 aromatic rings.